The van der Waals surface area contributed by atoms with Crippen molar-refractivity contribution in [2.75, 3.05) is 6.54 Å². The van der Waals surface area contributed by atoms with E-state index in [1.54, 1.807) is 27.7 Å². The fraction of sp³-hybridized carbons (Fsp3) is 0.526. The number of alkyl halides is 3. The molecule has 1 aliphatic heterocycles. The zero-order chi connectivity index (χ0) is 40.7. The van der Waals surface area contributed by atoms with Gasteiger partial charge in [0.05, 0.1) is 17.8 Å². The van der Waals surface area contributed by atoms with E-state index in [-0.39, 0.29) is 53.6 Å². The van der Waals surface area contributed by atoms with E-state index in [0.717, 1.165) is 24.3 Å². The lowest BCUT2D eigenvalue weighted by molar-refractivity contribution is -0.142. The van der Waals surface area contributed by atoms with Crippen LogP contribution in [0.3, 0.4) is 0 Å². The van der Waals surface area contributed by atoms with Gasteiger partial charge in [0.2, 0.25) is 29.4 Å². The number of rotatable bonds is 16. The summed E-state index contributed by atoms with van der Waals surface area (Å²) in [4.78, 5) is 71.9. The third-order valence-corrected chi connectivity index (χ3v) is 9.32. The number of nitrogens with one attached hydrogen (secondary N) is 3. The number of carbonyl (C=O) groups excluding carboxylic acids is 5. The van der Waals surface area contributed by atoms with Gasteiger partial charge in [-0.3, -0.25) is 24.0 Å². The topological polar surface area (TPSA) is 197 Å². The van der Waals surface area contributed by atoms with E-state index in [0.29, 0.717) is 32.1 Å². The van der Waals surface area contributed by atoms with E-state index in [4.69, 9.17) is 4.42 Å². The van der Waals surface area contributed by atoms with E-state index in [1.807, 2.05) is 13.8 Å². The van der Waals surface area contributed by atoms with Crippen molar-refractivity contribution in [1.82, 2.24) is 36.0 Å². The number of benzene rings is 1. The summed E-state index contributed by atoms with van der Waals surface area (Å²) in [6.07, 6.45) is -0.680. The number of nitrogens with zero attached hydrogens (tertiary/aromatic N) is 4. The summed E-state index contributed by atoms with van der Waals surface area (Å²) >= 11 is 0. The maximum absolute atomic E-state index is 13.8. The first-order valence-corrected chi connectivity index (χ1v) is 18.2. The van der Waals surface area contributed by atoms with Gasteiger partial charge in [-0.25, -0.2) is 4.98 Å². The average molecular weight is 772 g/mol. The lowest BCUT2D eigenvalue weighted by Crippen LogP contribution is -2.57. The summed E-state index contributed by atoms with van der Waals surface area (Å²) in [5.41, 5.74) is -1.12. The predicted octanol–water partition coefficient (Wildman–Crippen LogP) is 5.08. The van der Waals surface area contributed by atoms with Crippen molar-refractivity contribution in [3.8, 4) is 17.2 Å². The molecule has 0 radical (unpaired) electrons. The largest absolute Gasteiger partial charge is 0.506 e. The smallest absolute Gasteiger partial charge is 0.416 e. The Hall–Kier alpha value is -5.35. The Morgan fingerprint density at radius 3 is 2.20 bits per heavy atom. The van der Waals surface area contributed by atoms with Crippen LogP contribution < -0.4 is 16.0 Å². The van der Waals surface area contributed by atoms with Crippen LogP contribution in [0.25, 0.3) is 11.5 Å². The molecule has 4 amide bonds. The Labute approximate surface area is 317 Å². The molecular weight excluding hydrogens is 723 g/mol. The van der Waals surface area contributed by atoms with Crippen molar-refractivity contribution in [3.63, 3.8) is 0 Å². The van der Waals surface area contributed by atoms with Crippen LogP contribution in [-0.4, -0.2) is 84.8 Å². The molecule has 1 aliphatic rings. The van der Waals surface area contributed by atoms with Gasteiger partial charge in [-0.1, -0.05) is 34.1 Å². The fourth-order valence-electron chi connectivity index (χ4n) is 6.21. The Kier molecular flexibility index (Phi) is 13.8. The second kappa shape index (κ2) is 17.9. The minimum Gasteiger partial charge on any atom is -0.506 e. The van der Waals surface area contributed by atoms with E-state index in [9.17, 15) is 42.3 Å². The molecule has 1 aromatic carbocycles. The first kappa shape index (κ1) is 42.4. The van der Waals surface area contributed by atoms with Crippen molar-refractivity contribution in [1.29, 1.82) is 0 Å². The molecule has 0 saturated carbocycles. The molecule has 1 fully saturated rings. The number of aromatic nitrogens is 3. The molecule has 55 heavy (non-hydrogen) atoms. The molecule has 14 nitrogen and oxygen atoms in total. The highest BCUT2D eigenvalue weighted by Gasteiger charge is 2.41. The van der Waals surface area contributed by atoms with Gasteiger partial charge < -0.3 is 30.4 Å². The minimum atomic E-state index is -4.53. The Bertz CT molecular complexity index is 1830. The average Bonchev–Trinajstić information content (AvgIpc) is 3.82. The molecule has 4 rings (SSSR count). The van der Waals surface area contributed by atoms with Crippen LogP contribution in [0.15, 0.2) is 47.0 Å². The van der Waals surface area contributed by atoms with Gasteiger partial charge in [0.25, 0.3) is 11.8 Å². The molecule has 3 aromatic rings. The monoisotopic (exact) mass is 771 g/mol. The van der Waals surface area contributed by atoms with E-state index in [1.165, 1.54) is 23.2 Å². The number of unbranched alkanes of at least 4 members (excludes halogenated alkanes) is 1. The number of amides is 4. The summed E-state index contributed by atoms with van der Waals surface area (Å²) in [5, 5.41) is 25.5. The molecule has 3 atom stereocenters. The first-order valence-electron chi connectivity index (χ1n) is 18.2. The fourth-order valence-corrected chi connectivity index (χ4v) is 6.21. The Morgan fingerprint density at radius 1 is 0.927 bits per heavy atom. The number of ketones is 1. The number of aromatic hydroxyl groups is 1. The van der Waals surface area contributed by atoms with Gasteiger partial charge in [0, 0.05) is 24.1 Å². The minimum absolute atomic E-state index is 0.0480. The number of halogens is 3. The number of likely N-dealkylation sites (tertiary alicyclic amines) is 1. The van der Waals surface area contributed by atoms with Crippen LogP contribution in [-0.2, 0) is 20.6 Å². The lowest BCUT2D eigenvalue weighted by Gasteiger charge is -2.31. The molecule has 0 spiro atoms. The molecule has 2 aromatic heterocycles. The van der Waals surface area contributed by atoms with Gasteiger partial charge in [0.15, 0.2) is 0 Å². The van der Waals surface area contributed by atoms with Crippen molar-refractivity contribution in [3.05, 3.63) is 59.7 Å². The number of carbonyl (C=O) groups is 5. The number of Topliss-reactive ketones (excluding diaryl/α,β-unsaturated/α-hetero) is 1. The van der Waals surface area contributed by atoms with Crippen LogP contribution in [0.4, 0.5) is 13.2 Å². The van der Waals surface area contributed by atoms with Gasteiger partial charge in [-0.2, -0.15) is 13.2 Å². The third kappa shape index (κ3) is 11.3. The normalized spacial score (nSPS) is 15.8. The summed E-state index contributed by atoms with van der Waals surface area (Å²) < 4.78 is 44.4. The van der Waals surface area contributed by atoms with E-state index >= 15 is 0 Å². The Balaban J connectivity index is 1.32. The molecule has 17 heteroatoms. The maximum atomic E-state index is 13.8. The lowest BCUT2D eigenvalue weighted by atomic mass is 9.96. The summed E-state index contributed by atoms with van der Waals surface area (Å²) in [5.74, 6) is -3.79. The van der Waals surface area contributed by atoms with Crippen LogP contribution in [0, 0.1) is 11.8 Å². The standard InChI is InChI=1S/C38H48F3N7O7/c1-21(2)29(31(51)35-47-46-34(55-35)23-12-14-24(15-13-23)38(39,40)41)44-33(53)27-10-9-19-48(27)36(54)30(22(3)4)43-28(50)11-7-8-18-37(5,6)45-32(52)26-17-16-25(49)20-42-26/h12-17,20-22,27,29-30,49H,7-11,18-19H2,1-6H3,(H,43,50)(H,44,53)(H,45,52)/t27-,29?,30?/m0/s1. The van der Waals surface area contributed by atoms with Crippen LogP contribution >= 0.6 is 0 Å². The van der Waals surface area contributed by atoms with Crippen LogP contribution in [0.2, 0.25) is 0 Å². The molecule has 1 saturated heterocycles. The molecule has 2 unspecified atom stereocenters. The van der Waals surface area contributed by atoms with E-state index in [2.05, 4.69) is 31.1 Å². The molecule has 3 heterocycles. The molecule has 298 valence electrons. The van der Waals surface area contributed by atoms with E-state index < -0.39 is 64.8 Å². The van der Waals surface area contributed by atoms with Crippen molar-refractivity contribution in [2.45, 2.75) is 110 Å². The zero-order valence-electron chi connectivity index (χ0n) is 31.7. The quantitative estimate of drug-likeness (QED) is 0.113. The maximum Gasteiger partial charge on any atom is 0.416 e. The van der Waals surface area contributed by atoms with Crippen molar-refractivity contribution in [2.24, 2.45) is 11.8 Å². The number of hydrogen-bond acceptors (Lipinski definition) is 10. The SMILES string of the molecule is CC(C)C(NC(=O)[C@@H]1CCCN1C(=O)C(NC(=O)CCCCC(C)(C)NC(=O)c1ccc(O)cn1)C(C)C)C(=O)c1nnc(-c2ccc(C(F)(F)F)cc2)o1. The molecular formula is C38H48F3N7O7. The second-order valence-electron chi connectivity index (χ2n) is 15.0. The highest BCUT2D eigenvalue weighted by atomic mass is 19.4. The number of hydrogen-bond donors (Lipinski definition) is 4. The van der Waals surface area contributed by atoms with Gasteiger partial charge in [-0.05, 0) is 87.8 Å². The third-order valence-electron chi connectivity index (χ3n) is 9.32. The van der Waals surface area contributed by atoms with Gasteiger partial charge in [0.1, 0.15) is 23.5 Å². The predicted molar refractivity (Wildman–Crippen MR) is 193 cm³/mol. The summed E-state index contributed by atoms with van der Waals surface area (Å²) in [6.45, 7) is 11.0. The van der Waals surface area contributed by atoms with Crippen molar-refractivity contribution < 1.29 is 46.7 Å². The Morgan fingerprint density at radius 2 is 1.60 bits per heavy atom. The number of pyridine rings is 1. The highest BCUT2D eigenvalue weighted by Crippen LogP contribution is 2.31. The zero-order valence-corrected chi connectivity index (χ0v) is 31.7. The summed E-state index contributed by atoms with van der Waals surface area (Å²) in [6, 6.07) is 3.88. The molecule has 0 bridgehead atoms. The van der Waals surface area contributed by atoms with Crippen molar-refractivity contribution >= 4 is 29.4 Å². The first-order chi connectivity index (χ1) is 25.8. The summed E-state index contributed by atoms with van der Waals surface area (Å²) in [7, 11) is 0. The molecule has 4 N–H and O–H groups in total. The molecule has 0 aliphatic carbocycles. The van der Waals surface area contributed by atoms with Gasteiger partial charge >= 0.3 is 6.18 Å². The second-order valence-corrected chi connectivity index (χ2v) is 15.0. The highest BCUT2D eigenvalue weighted by molar-refractivity contribution is 6.00. The van der Waals surface area contributed by atoms with Crippen LogP contribution in [0.1, 0.15) is 107 Å². The van der Waals surface area contributed by atoms with Crippen LogP contribution in [0.5, 0.6) is 5.75 Å². The van der Waals surface area contributed by atoms with Gasteiger partial charge in [-0.15, -0.1) is 10.2 Å².